The van der Waals surface area contributed by atoms with Crippen LogP contribution >= 0.6 is 24.0 Å². The topological polar surface area (TPSA) is 72.8 Å². The van der Waals surface area contributed by atoms with Crippen LogP contribution < -0.4 is 15.5 Å². The van der Waals surface area contributed by atoms with E-state index in [1.54, 1.807) is 0 Å². The number of aliphatic hydroxyl groups excluding tert-OH is 1. The van der Waals surface area contributed by atoms with Crippen molar-refractivity contribution < 1.29 is 5.11 Å². The molecule has 0 spiro atoms. The van der Waals surface area contributed by atoms with Crippen molar-refractivity contribution in [3.05, 3.63) is 23.9 Å². The highest BCUT2D eigenvalue weighted by molar-refractivity contribution is 14.0. The van der Waals surface area contributed by atoms with Crippen molar-refractivity contribution in [3.63, 3.8) is 0 Å². The Labute approximate surface area is 181 Å². The van der Waals surface area contributed by atoms with Crippen LogP contribution in [0.4, 0.5) is 5.82 Å². The summed E-state index contributed by atoms with van der Waals surface area (Å²) >= 11 is 0. The Balaban J connectivity index is 0.00000364. The average molecular weight is 489 g/mol. The molecule has 1 atom stereocenters. The Hall–Kier alpha value is -1.09. The molecule has 3 N–H and O–H groups in total. The summed E-state index contributed by atoms with van der Waals surface area (Å²) in [6.07, 6.45) is 7.49. The van der Waals surface area contributed by atoms with E-state index < -0.39 is 0 Å². The maximum Gasteiger partial charge on any atom is 0.191 e. The van der Waals surface area contributed by atoms with E-state index in [0.29, 0.717) is 12.5 Å². The third-order valence-corrected chi connectivity index (χ3v) is 4.80. The molecule has 1 fully saturated rings. The van der Waals surface area contributed by atoms with Crippen LogP contribution in [-0.4, -0.2) is 48.8 Å². The number of guanidine groups is 1. The third kappa shape index (κ3) is 8.64. The number of aliphatic imine (C=N–C) groups is 1. The standard InChI is InChI=1S/C20H35N5O.HI/c1-3-7-17(9-13-26)15-23-20(21-4-2)24-16-18-8-10-22-19(14-18)25-11-5-6-12-25;/h8,10,14,17,26H,3-7,9,11-13,15-16H2,1-2H3,(H2,21,23,24);1H. The Bertz CT molecular complexity index is 543. The third-order valence-electron chi connectivity index (χ3n) is 4.80. The molecule has 1 unspecified atom stereocenters. The molecule has 7 heteroatoms. The Morgan fingerprint density at radius 3 is 2.70 bits per heavy atom. The van der Waals surface area contributed by atoms with Gasteiger partial charge in [-0.15, -0.1) is 24.0 Å². The molecule has 2 heterocycles. The number of nitrogens with zero attached hydrogens (tertiary/aromatic N) is 3. The highest BCUT2D eigenvalue weighted by atomic mass is 127. The molecule has 2 rings (SSSR count). The maximum atomic E-state index is 9.22. The summed E-state index contributed by atoms with van der Waals surface area (Å²) in [5.41, 5.74) is 1.18. The summed E-state index contributed by atoms with van der Waals surface area (Å²) in [6.45, 7) is 9.03. The van der Waals surface area contributed by atoms with Crippen molar-refractivity contribution in [3.8, 4) is 0 Å². The van der Waals surface area contributed by atoms with Crippen molar-refractivity contribution in [2.24, 2.45) is 10.9 Å². The minimum Gasteiger partial charge on any atom is -0.396 e. The number of nitrogens with one attached hydrogen (secondary N) is 2. The lowest BCUT2D eigenvalue weighted by Crippen LogP contribution is -2.40. The fourth-order valence-corrected chi connectivity index (χ4v) is 3.37. The molecule has 0 bridgehead atoms. The van der Waals surface area contributed by atoms with Crippen molar-refractivity contribution in [1.82, 2.24) is 15.6 Å². The largest absolute Gasteiger partial charge is 0.396 e. The van der Waals surface area contributed by atoms with E-state index in [4.69, 9.17) is 4.99 Å². The lowest BCUT2D eigenvalue weighted by molar-refractivity contribution is 0.251. The van der Waals surface area contributed by atoms with Gasteiger partial charge in [-0.1, -0.05) is 13.3 Å². The van der Waals surface area contributed by atoms with Gasteiger partial charge in [-0.3, -0.25) is 0 Å². The SMILES string of the molecule is CCCC(CCO)CNC(=NCc1ccnc(N2CCCC2)c1)NCC.I. The lowest BCUT2D eigenvalue weighted by Gasteiger charge is -2.18. The molecule has 6 nitrogen and oxygen atoms in total. The van der Waals surface area contributed by atoms with Gasteiger partial charge in [-0.25, -0.2) is 9.98 Å². The minimum absolute atomic E-state index is 0. The monoisotopic (exact) mass is 489 g/mol. The zero-order chi connectivity index (χ0) is 18.6. The van der Waals surface area contributed by atoms with Crippen LogP contribution in [0.25, 0.3) is 0 Å². The molecule has 0 saturated carbocycles. The first-order chi connectivity index (χ1) is 12.8. The minimum atomic E-state index is 0. The summed E-state index contributed by atoms with van der Waals surface area (Å²) in [4.78, 5) is 11.6. The van der Waals surface area contributed by atoms with Gasteiger partial charge in [0.2, 0.25) is 0 Å². The van der Waals surface area contributed by atoms with E-state index in [9.17, 15) is 5.11 Å². The number of pyridine rings is 1. The summed E-state index contributed by atoms with van der Waals surface area (Å²) in [6, 6.07) is 4.20. The van der Waals surface area contributed by atoms with Crippen molar-refractivity contribution >= 4 is 35.8 Å². The van der Waals surface area contributed by atoms with Crippen LogP contribution in [0.2, 0.25) is 0 Å². The molecule has 0 aromatic carbocycles. The molecule has 0 radical (unpaired) electrons. The molecular weight excluding hydrogens is 453 g/mol. The Kier molecular flexibility index (Phi) is 12.4. The van der Waals surface area contributed by atoms with Gasteiger partial charge in [0.25, 0.3) is 0 Å². The number of rotatable bonds is 10. The van der Waals surface area contributed by atoms with Gasteiger partial charge in [0, 0.05) is 39.0 Å². The van der Waals surface area contributed by atoms with Gasteiger partial charge in [0.1, 0.15) is 5.82 Å². The van der Waals surface area contributed by atoms with E-state index in [0.717, 1.165) is 57.2 Å². The zero-order valence-corrected chi connectivity index (χ0v) is 19.1. The molecule has 0 amide bonds. The molecule has 0 aliphatic carbocycles. The molecule has 27 heavy (non-hydrogen) atoms. The lowest BCUT2D eigenvalue weighted by atomic mass is 10.0. The van der Waals surface area contributed by atoms with Crippen molar-refractivity contribution in [2.45, 2.75) is 52.5 Å². The van der Waals surface area contributed by atoms with Crippen molar-refractivity contribution in [2.75, 3.05) is 37.7 Å². The van der Waals surface area contributed by atoms with Crippen LogP contribution in [0.1, 0.15) is 51.5 Å². The Morgan fingerprint density at radius 1 is 1.26 bits per heavy atom. The van der Waals surface area contributed by atoms with Crippen LogP contribution in [0.3, 0.4) is 0 Å². The molecule has 1 aliphatic rings. The van der Waals surface area contributed by atoms with Gasteiger partial charge < -0.3 is 20.6 Å². The van der Waals surface area contributed by atoms with E-state index in [1.165, 1.54) is 18.4 Å². The average Bonchev–Trinajstić information content (AvgIpc) is 3.19. The molecule has 1 saturated heterocycles. The molecule has 1 aromatic rings. The Morgan fingerprint density at radius 2 is 2.04 bits per heavy atom. The number of aromatic nitrogens is 1. The van der Waals surface area contributed by atoms with Gasteiger partial charge in [0.05, 0.1) is 6.54 Å². The fraction of sp³-hybridized carbons (Fsp3) is 0.700. The van der Waals surface area contributed by atoms with Crippen LogP contribution in [0.5, 0.6) is 0 Å². The molecule has 1 aliphatic heterocycles. The molecular formula is C20H36IN5O. The number of aliphatic hydroxyl groups is 1. The number of hydrogen-bond acceptors (Lipinski definition) is 4. The molecule has 1 aromatic heterocycles. The summed E-state index contributed by atoms with van der Waals surface area (Å²) in [5, 5.41) is 16.0. The predicted molar refractivity (Wildman–Crippen MR) is 124 cm³/mol. The quantitative estimate of drug-likeness (QED) is 0.268. The zero-order valence-electron chi connectivity index (χ0n) is 16.8. The second-order valence-corrected chi connectivity index (χ2v) is 6.96. The first-order valence-corrected chi connectivity index (χ1v) is 10.1. The van der Waals surface area contributed by atoms with Crippen LogP contribution in [-0.2, 0) is 6.54 Å². The van der Waals surface area contributed by atoms with Crippen LogP contribution in [0.15, 0.2) is 23.3 Å². The van der Waals surface area contributed by atoms with Gasteiger partial charge in [-0.2, -0.15) is 0 Å². The number of anilines is 1. The maximum absolute atomic E-state index is 9.22. The van der Waals surface area contributed by atoms with Gasteiger partial charge in [-0.05, 0) is 56.2 Å². The normalized spacial score (nSPS) is 15.4. The van der Waals surface area contributed by atoms with E-state index >= 15 is 0 Å². The van der Waals surface area contributed by atoms with E-state index in [2.05, 4.69) is 40.4 Å². The highest BCUT2D eigenvalue weighted by Gasteiger charge is 2.13. The number of halogens is 1. The summed E-state index contributed by atoms with van der Waals surface area (Å²) < 4.78 is 0. The number of hydrogen-bond donors (Lipinski definition) is 3. The summed E-state index contributed by atoms with van der Waals surface area (Å²) in [5.74, 6) is 2.39. The van der Waals surface area contributed by atoms with Gasteiger partial charge in [0.15, 0.2) is 5.96 Å². The van der Waals surface area contributed by atoms with E-state index in [1.807, 2.05) is 12.3 Å². The first-order valence-electron chi connectivity index (χ1n) is 10.1. The predicted octanol–water partition coefficient (Wildman–Crippen LogP) is 3.15. The molecule has 154 valence electrons. The van der Waals surface area contributed by atoms with Crippen molar-refractivity contribution in [1.29, 1.82) is 0 Å². The second kappa shape index (κ2) is 14.0. The fourth-order valence-electron chi connectivity index (χ4n) is 3.37. The van der Waals surface area contributed by atoms with Crippen LogP contribution in [0, 0.1) is 5.92 Å². The second-order valence-electron chi connectivity index (χ2n) is 6.96. The summed E-state index contributed by atoms with van der Waals surface area (Å²) in [7, 11) is 0. The van der Waals surface area contributed by atoms with E-state index in [-0.39, 0.29) is 30.6 Å². The first kappa shape index (κ1) is 23.9. The highest BCUT2D eigenvalue weighted by Crippen LogP contribution is 2.18. The van der Waals surface area contributed by atoms with Gasteiger partial charge >= 0.3 is 0 Å². The smallest absolute Gasteiger partial charge is 0.191 e.